The van der Waals surface area contributed by atoms with Gasteiger partial charge >= 0.3 is 0 Å². The molecule has 5 heteroatoms. The van der Waals surface area contributed by atoms with E-state index in [1.54, 1.807) is 0 Å². The second kappa shape index (κ2) is 16.9. The highest BCUT2D eigenvalue weighted by molar-refractivity contribution is 5.94. The highest BCUT2D eigenvalue weighted by Gasteiger charge is 2.46. The molecule has 0 amide bonds. The SMILES string of the molecule is c1ccc(-c2cc(-c3ccc(-c4cc5c(cc4-c4nc(-c6ccccc6)nc(-c6ccccc6)n4)C(c4ccccc4)(c4ccccc4)c4ccccc4-5)cc3)nc(-c3ccccc3)n2)cc1. The van der Waals surface area contributed by atoms with Gasteiger partial charge in [0.15, 0.2) is 23.3 Å². The lowest BCUT2D eigenvalue weighted by Gasteiger charge is -2.34. The van der Waals surface area contributed by atoms with Gasteiger partial charge in [0.05, 0.1) is 16.8 Å². The molecule has 0 saturated heterocycles. The van der Waals surface area contributed by atoms with Gasteiger partial charge in [-0.1, -0.05) is 231 Å². The summed E-state index contributed by atoms with van der Waals surface area (Å²) in [5, 5.41) is 0. The van der Waals surface area contributed by atoms with Crippen LogP contribution in [0.4, 0.5) is 0 Å². The molecule has 2 aromatic heterocycles. The lowest BCUT2D eigenvalue weighted by atomic mass is 9.67. The number of aromatic nitrogens is 5. The fourth-order valence-electron chi connectivity index (χ4n) is 9.73. The Hall–Kier alpha value is -8.93. The Bertz CT molecular complexity index is 3370. The Morgan fingerprint density at radius 1 is 0.224 bits per heavy atom. The Balaban J connectivity index is 1.11. The first kappa shape index (κ1) is 39.6. The maximum absolute atomic E-state index is 5.36. The van der Waals surface area contributed by atoms with E-state index in [1.807, 2.05) is 72.8 Å². The molecule has 0 bridgehead atoms. The Kier molecular flexibility index (Phi) is 9.99. The van der Waals surface area contributed by atoms with Crippen LogP contribution in [0.1, 0.15) is 22.3 Å². The topological polar surface area (TPSA) is 64.5 Å². The van der Waals surface area contributed by atoms with Crippen LogP contribution in [0, 0.1) is 0 Å². The van der Waals surface area contributed by atoms with E-state index in [9.17, 15) is 0 Å². The maximum atomic E-state index is 5.36. The van der Waals surface area contributed by atoms with Crippen LogP contribution in [0.15, 0.2) is 249 Å². The molecule has 9 aromatic carbocycles. The lowest BCUT2D eigenvalue weighted by molar-refractivity contribution is 0.768. The van der Waals surface area contributed by atoms with Crippen LogP contribution < -0.4 is 0 Å². The third kappa shape index (κ3) is 7.11. The Labute approximate surface area is 389 Å². The smallest absolute Gasteiger partial charge is 0.164 e. The average Bonchev–Trinajstić information content (AvgIpc) is 3.72. The van der Waals surface area contributed by atoms with E-state index in [0.29, 0.717) is 23.3 Å². The molecule has 0 N–H and O–H groups in total. The van der Waals surface area contributed by atoms with Crippen molar-refractivity contribution in [3.05, 3.63) is 271 Å². The van der Waals surface area contributed by atoms with Crippen molar-refractivity contribution in [3.63, 3.8) is 0 Å². The fourth-order valence-corrected chi connectivity index (χ4v) is 9.73. The van der Waals surface area contributed by atoms with Crippen LogP contribution in [0.25, 0.3) is 90.3 Å². The number of benzene rings is 9. The third-order valence-corrected chi connectivity index (χ3v) is 12.9. The summed E-state index contributed by atoms with van der Waals surface area (Å²) in [7, 11) is 0. The Morgan fingerprint density at radius 3 is 1.12 bits per heavy atom. The van der Waals surface area contributed by atoms with E-state index in [2.05, 4.69) is 176 Å². The predicted octanol–water partition coefficient (Wildman–Crippen LogP) is 14.7. The molecule has 1 aliphatic carbocycles. The monoisotopic (exact) mass is 855 g/mol. The van der Waals surface area contributed by atoms with Crippen molar-refractivity contribution in [2.75, 3.05) is 0 Å². The summed E-state index contributed by atoms with van der Waals surface area (Å²) >= 11 is 0. The summed E-state index contributed by atoms with van der Waals surface area (Å²) in [5.41, 5.74) is 16.0. The van der Waals surface area contributed by atoms with Crippen LogP contribution >= 0.6 is 0 Å². The van der Waals surface area contributed by atoms with Crippen molar-refractivity contribution in [1.29, 1.82) is 0 Å². The highest BCUT2D eigenvalue weighted by Crippen LogP contribution is 2.58. The quantitative estimate of drug-likeness (QED) is 0.145. The minimum atomic E-state index is -0.622. The van der Waals surface area contributed by atoms with Gasteiger partial charge in [-0.2, -0.15) is 0 Å². The number of hydrogen-bond acceptors (Lipinski definition) is 5. The number of fused-ring (bicyclic) bond motifs is 3. The summed E-state index contributed by atoms with van der Waals surface area (Å²) < 4.78 is 0. The molecule has 314 valence electrons. The highest BCUT2D eigenvalue weighted by atomic mass is 15.0. The first-order chi connectivity index (χ1) is 33.2. The molecule has 0 unspecified atom stereocenters. The van der Waals surface area contributed by atoms with Gasteiger partial charge in [-0.05, 0) is 62.7 Å². The molecule has 11 aromatic rings. The lowest BCUT2D eigenvalue weighted by Crippen LogP contribution is -2.28. The molecule has 0 spiro atoms. The fraction of sp³-hybridized carbons (Fsp3) is 0.0161. The Morgan fingerprint density at radius 2 is 0.612 bits per heavy atom. The van der Waals surface area contributed by atoms with Crippen LogP contribution in [-0.2, 0) is 5.41 Å². The van der Waals surface area contributed by atoms with E-state index >= 15 is 0 Å². The van der Waals surface area contributed by atoms with E-state index in [1.165, 1.54) is 33.4 Å². The zero-order chi connectivity index (χ0) is 44.6. The van der Waals surface area contributed by atoms with E-state index in [4.69, 9.17) is 24.9 Å². The normalized spacial score (nSPS) is 12.3. The van der Waals surface area contributed by atoms with Crippen molar-refractivity contribution < 1.29 is 0 Å². The van der Waals surface area contributed by atoms with Gasteiger partial charge in [-0.3, -0.25) is 0 Å². The summed E-state index contributed by atoms with van der Waals surface area (Å²) in [4.78, 5) is 26.0. The molecule has 0 aliphatic heterocycles. The summed E-state index contributed by atoms with van der Waals surface area (Å²) in [5.74, 6) is 2.49. The predicted molar refractivity (Wildman–Crippen MR) is 271 cm³/mol. The molecule has 0 radical (unpaired) electrons. The molecule has 12 rings (SSSR count). The van der Waals surface area contributed by atoms with Crippen LogP contribution in [0.5, 0.6) is 0 Å². The second-order valence-corrected chi connectivity index (χ2v) is 16.8. The first-order valence-electron chi connectivity index (χ1n) is 22.6. The second-order valence-electron chi connectivity index (χ2n) is 16.8. The van der Waals surface area contributed by atoms with Gasteiger partial charge in [-0.15, -0.1) is 0 Å². The molecule has 0 fully saturated rings. The molecule has 1 aliphatic rings. The summed E-state index contributed by atoms with van der Waals surface area (Å²) in [6, 6.07) is 87.1. The molecule has 0 atom stereocenters. The molecule has 5 nitrogen and oxygen atoms in total. The van der Waals surface area contributed by atoms with E-state index in [0.717, 1.165) is 55.9 Å². The van der Waals surface area contributed by atoms with Crippen LogP contribution in [0.3, 0.4) is 0 Å². The van der Waals surface area contributed by atoms with Crippen LogP contribution in [-0.4, -0.2) is 24.9 Å². The average molecular weight is 856 g/mol. The molecular weight excluding hydrogens is 815 g/mol. The van der Waals surface area contributed by atoms with Crippen molar-refractivity contribution in [1.82, 2.24) is 24.9 Å². The summed E-state index contributed by atoms with van der Waals surface area (Å²) in [6.07, 6.45) is 0. The van der Waals surface area contributed by atoms with Crippen molar-refractivity contribution >= 4 is 0 Å². The number of nitrogens with zero attached hydrogens (tertiary/aromatic N) is 5. The van der Waals surface area contributed by atoms with Gasteiger partial charge < -0.3 is 0 Å². The number of rotatable bonds is 9. The number of hydrogen-bond donors (Lipinski definition) is 0. The van der Waals surface area contributed by atoms with Crippen molar-refractivity contribution in [2.24, 2.45) is 0 Å². The maximum Gasteiger partial charge on any atom is 0.164 e. The molecular formula is C62H41N5. The zero-order valence-corrected chi connectivity index (χ0v) is 36.4. The van der Waals surface area contributed by atoms with Gasteiger partial charge in [0.1, 0.15) is 0 Å². The van der Waals surface area contributed by atoms with Gasteiger partial charge in [0.2, 0.25) is 0 Å². The minimum absolute atomic E-state index is 0.594. The molecule has 67 heavy (non-hydrogen) atoms. The first-order valence-corrected chi connectivity index (χ1v) is 22.6. The molecule has 2 heterocycles. The van der Waals surface area contributed by atoms with E-state index in [-0.39, 0.29) is 0 Å². The van der Waals surface area contributed by atoms with Gasteiger partial charge in [0.25, 0.3) is 0 Å². The standard InChI is InChI=1S/C62H41N5/c1-7-21-43(22-8-1)56-41-57(64-58(63-56)45-23-9-2-10-24-45)44-37-35-42(36-38-44)51-39-52-50-33-19-20-34-54(50)62(48-29-15-5-16-30-48,49-31-17-6-18-32-49)55(52)40-53(51)61-66-59(46-25-11-3-12-26-46)65-60(67-61)47-27-13-4-14-28-47/h1-41H. The van der Waals surface area contributed by atoms with Gasteiger partial charge in [-0.25, -0.2) is 24.9 Å². The van der Waals surface area contributed by atoms with Crippen molar-refractivity contribution in [3.8, 4) is 90.3 Å². The van der Waals surface area contributed by atoms with Crippen LogP contribution in [0.2, 0.25) is 0 Å². The van der Waals surface area contributed by atoms with E-state index < -0.39 is 5.41 Å². The summed E-state index contributed by atoms with van der Waals surface area (Å²) in [6.45, 7) is 0. The minimum Gasteiger partial charge on any atom is -0.228 e. The molecule has 0 saturated carbocycles. The third-order valence-electron chi connectivity index (χ3n) is 12.9. The van der Waals surface area contributed by atoms with Crippen molar-refractivity contribution in [2.45, 2.75) is 5.41 Å². The largest absolute Gasteiger partial charge is 0.228 e. The van der Waals surface area contributed by atoms with Gasteiger partial charge in [0, 0.05) is 33.4 Å². The zero-order valence-electron chi connectivity index (χ0n) is 36.4.